The van der Waals surface area contributed by atoms with E-state index in [0.29, 0.717) is 19.6 Å². The summed E-state index contributed by atoms with van der Waals surface area (Å²) in [4.78, 5) is 41.7. The van der Waals surface area contributed by atoms with Gasteiger partial charge in [0.05, 0.1) is 5.41 Å². The Labute approximate surface area is 208 Å². The van der Waals surface area contributed by atoms with E-state index in [4.69, 9.17) is 4.74 Å². The van der Waals surface area contributed by atoms with Gasteiger partial charge >= 0.3 is 0 Å². The number of aryl methyl sites for hydroxylation is 1. The Morgan fingerprint density at radius 2 is 1.77 bits per heavy atom. The number of imide groups is 1. The van der Waals surface area contributed by atoms with Crippen LogP contribution in [0.2, 0.25) is 0 Å². The molecule has 6 nitrogen and oxygen atoms in total. The second kappa shape index (κ2) is 11.2. The van der Waals surface area contributed by atoms with Gasteiger partial charge in [-0.25, -0.2) is 0 Å². The Hall–Kier alpha value is -2.99. The number of carbonyl (C=O) groups excluding carboxylic acids is 3. The first-order valence-electron chi connectivity index (χ1n) is 12.7. The zero-order valence-electron chi connectivity index (χ0n) is 20.8. The SMILES string of the molecule is COCCCN1C(=O)CC(CC(=O)N[C@@H]2CCCC[C@H]2c2ccccc2)(c2ccccc2C)C1=O. The van der Waals surface area contributed by atoms with E-state index in [1.807, 2.05) is 49.4 Å². The van der Waals surface area contributed by atoms with Crippen LogP contribution < -0.4 is 5.32 Å². The molecule has 1 saturated carbocycles. The zero-order chi connectivity index (χ0) is 24.8. The predicted molar refractivity (Wildman–Crippen MR) is 135 cm³/mol. The van der Waals surface area contributed by atoms with E-state index in [1.54, 1.807) is 7.11 Å². The van der Waals surface area contributed by atoms with E-state index >= 15 is 0 Å². The van der Waals surface area contributed by atoms with E-state index in [9.17, 15) is 14.4 Å². The molecule has 1 heterocycles. The molecular formula is C29H36N2O4. The van der Waals surface area contributed by atoms with E-state index in [2.05, 4.69) is 17.4 Å². The van der Waals surface area contributed by atoms with Crippen molar-refractivity contribution in [1.82, 2.24) is 10.2 Å². The van der Waals surface area contributed by atoms with Gasteiger partial charge in [-0.05, 0) is 42.9 Å². The third kappa shape index (κ3) is 5.32. The Kier molecular flexibility index (Phi) is 8.01. The predicted octanol–water partition coefficient (Wildman–Crippen LogP) is 4.26. The second-order valence-electron chi connectivity index (χ2n) is 9.92. The Balaban J connectivity index is 1.58. The van der Waals surface area contributed by atoms with Crippen LogP contribution >= 0.6 is 0 Å². The lowest BCUT2D eigenvalue weighted by atomic mass is 9.73. The fourth-order valence-corrected chi connectivity index (χ4v) is 5.88. The number of hydrogen-bond donors (Lipinski definition) is 1. The molecule has 4 rings (SSSR count). The molecule has 0 radical (unpaired) electrons. The molecule has 35 heavy (non-hydrogen) atoms. The van der Waals surface area contributed by atoms with Crippen molar-refractivity contribution in [2.24, 2.45) is 0 Å². The summed E-state index contributed by atoms with van der Waals surface area (Å²) in [6, 6.07) is 18.0. The molecule has 2 aromatic rings. The van der Waals surface area contributed by atoms with Crippen LogP contribution in [0.5, 0.6) is 0 Å². The van der Waals surface area contributed by atoms with Gasteiger partial charge in [-0.15, -0.1) is 0 Å². The minimum atomic E-state index is -1.17. The summed E-state index contributed by atoms with van der Waals surface area (Å²) in [6.45, 7) is 2.71. The number of methoxy groups -OCH3 is 1. The standard InChI is InChI=1S/C29H36N2O4/c1-21-11-6-8-15-24(21)29(20-27(33)31(28(29)34)17-10-18-35-2)19-26(32)30-25-16-9-7-14-23(25)22-12-4-3-5-13-22/h3-6,8,11-13,15,23,25H,7,9-10,14,16-20H2,1-2H3,(H,30,32)/t23-,25+,29?/m0/s1. The van der Waals surface area contributed by atoms with Crippen LogP contribution in [0.4, 0.5) is 0 Å². The van der Waals surface area contributed by atoms with Gasteiger partial charge in [0.15, 0.2) is 0 Å². The number of amides is 3. The molecule has 0 spiro atoms. The van der Waals surface area contributed by atoms with Crippen molar-refractivity contribution in [3.8, 4) is 0 Å². The van der Waals surface area contributed by atoms with Crippen LogP contribution in [-0.2, 0) is 24.5 Å². The third-order valence-corrected chi connectivity index (χ3v) is 7.60. The molecule has 6 heteroatoms. The molecule has 0 bridgehead atoms. The summed E-state index contributed by atoms with van der Waals surface area (Å²) in [5.41, 5.74) is 1.75. The first kappa shape index (κ1) is 25.1. The molecule has 2 fully saturated rings. The van der Waals surface area contributed by atoms with Crippen molar-refractivity contribution in [3.63, 3.8) is 0 Å². The highest BCUT2D eigenvalue weighted by Crippen LogP contribution is 2.42. The van der Waals surface area contributed by atoms with Crippen LogP contribution in [0.3, 0.4) is 0 Å². The monoisotopic (exact) mass is 476 g/mol. The Bertz CT molecular complexity index is 1050. The molecule has 1 aliphatic heterocycles. The van der Waals surface area contributed by atoms with Crippen molar-refractivity contribution in [1.29, 1.82) is 0 Å². The number of likely N-dealkylation sites (tertiary alicyclic amines) is 1. The maximum absolute atomic E-state index is 13.8. The maximum Gasteiger partial charge on any atom is 0.240 e. The lowest BCUT2D eigenvalue weighted by Gasteiger charge is -2.34. The molecule has 1 aliphatic carbocycles. The van der Waals surface area contributed by atoms with Crippen molar-refractivity contribution in [3.05, 3.63) is 71.3 Å². The molecule has 1 unspecified atom stereocenters. The summed E-state index contributed by atoms with van der Waals surface area (Å²) in [7, 11) is 1.60. The summed E-state index contributed by atoms with van der Waals surface area (Å²) in [6.07, 6.45) is 4.72. The zero-order valence-corrected chi connectivity index (χ0v) is 20.8. The number of rotatable bonds is 9. The third-order valence-electron chi connectivity index (χ3n) is 7.60. The highest BCUT2D eigenvalue weighted by Gasteiger charge is 2.54. The van der Waals surface area contributed by atoms with Crippen LogP contribution in [0.15, 0.2) is 54.6 Å². The molecule has 186 valence electrons. The number of benzene rings is 2. The fraction of sp³-hybridized carbons (Fsp3) is 0.483. The number of carbonyl (C=O) groups is 3. The minimum Gasteiger partial charge on any atom is -0.385 e. The minimum absolute atomic E-state index is 0.0177. The van der Waals surface area contributed by atoms with Crippen molar-refractivity contribution < 1.29 is 19.1 Å². The van der Waals surface area contributed by atoms with E-state index in [-0.39, 0.29) is 42.5 Å². The summed E-state index contributed by atoms with van der Waals surface area (Å²) in [5, 5.41) is 3.27. The van der Waals surface area contributed by atoms with Crippen molar-refractivity contribution in [2.45, 2.75) is 69.2 Å². The molecule has 2 aromatic carbocycles. The number of hydrogen-bond acceptors (Lipinski definition) is 4. The van der Waals surface area contributed by atoms with Crippen LogP contribution in [0.1, 0.15) is 67.6 Å². The van der Waals surface area contributed by atoms with Crippen LogP contribution in [-0.4, -0.2) is 48.9 Å². The molecular weight excluding hydrogens is 440 g/mol. The topological polar surface area (TPSA) is 75.7 Å². The first-order chi connectivity index (χ1) is 17.0. The van der Waals surface area contributed by atoms with Gasteiger partial charge in [0.1, 0.15) is 0 Å². The molecule has 1 N–H and O–H groups in total. The highest BCUT2D eigenvalue weighted by atomic mass is 16.5. The number of ether oxygens (including phenoxy) is 1. The lowest BCUT2D eigenvalue weighted by Crippen LogP contribution is -2.46. The quantitative estimate of drug-likeness (QED) is 0.433. The van der Waals surface area contributed by atoms with Crippen LogP contribution in [0.25, 0.3) is 0 Å². The largest absolute Gasteiger partial charge is 0.385 e. The van der Waals surface area contributed by atoms with E-state index in [0.717, 1.165) is 36.8 Å². The van der Waals surface area contributed by atoms with E-state index < -0.39 is 5.41 Å². The molecule has 3 amide bonds. The van der Waals surface area contributed by atoms with E-state index in [1.165, 1.54) is 10.5 Å². The average Bonchev–Trinajstić information content (AvgIpc) is 3.10. The van der Waals surface area contributed by atoms with Gasteiger partial charge in [-0.2, -0.15) is 0 Å². The van der Waals surface area contributed by atoms with Crippen molar-refractivity contribution in [2.75, 3.05) is 20.3 Å². The molecule has 1 saturated heterocycles. The lowest BCUT2D eigenvalue weighted by molar-refractivity contribution is -0.141. The molecule has 0 aromatic heterocycles. The van der Waals surface area contributed by atoms with Crippen molar-refractivity contribution >= 4 is 17.7 Å². The molecule has 2 aliphatic rings. The van der Waals surface area contributed by atoms with Gasteiger partial charge in [-0.3, -0.25) is 19.3 Å². The number of nitrogens with one attached hydrogen (secondary N) is 1. The smallest absolute Gasteiger partial charge is 0.240 e. The van der Waals surface area contributed by atoms with Gasteiger partial charge in [0.25, 0.3) is 0 Å². The van der Waals surface area contributed by atoms with Crippen LogP contribution in [0, 0.1) is 6.92 Å². The normalized spacial score (nSPS) is 24.6. The fourth-order valence-electron chi connectivity index (χ4n) is 5.88. The maximum atomic E-state index is 13.8. The van der Waals surface area contributed by atoms with Gasteiger partial charge in [0.2, 0.25) is 17.7 Å². The summed E-state index contributed by atoms with van der Waals surface area (Å²) >= 11 is 0. The highest BCUT2D eigenvalue weighted by molar-refractivity contribution is 6.11. The average molecular weight is 477 g/mol. The second-order valence-corrected chi connectivity index (χ2v) is 9.92. The Morgan fingerprint density at radius 1 is 1.06 bits per heavy atom. The van der Waals surface area contributed by atoms with Gasteiger partial charge < -0.3 is 10.1 Å². The molecule has 3 atom stereocenters. The number of nitrogens with zero attached hydrogens (tertiary/aromatic N) is 1. The Morgan fingerprint density at radius 3 is 2.51 bits per heavy atom. The van der Waals surface area contributed by atoms with Gasteiger partial charge in [0, 0.05) is 45.1 Å². The van der Waals surface area contributed by atoms with Gasteiger partial charge in [-0.1, -0.05) is 67.4 Å². The summed E-state index contributed by atoms with van der Waals surface area (Å²) in [5.74, 6) is -0.399. The first-order valence-corrected chi connectivity index (χ1v) is 12.7. The summed E-state index contributed by atoms with van der Waals surface area (Å²) < 4.78 is 5.11.